The topological polar surface area (TPSA) is 63.4 Å². The summed E-state index contributed by atoms with van der Waals surface area (Å²) in [6.07, 6.45) is 1.76. The molecule has 1 aromatic rings. The van der Waals surface area contributed by atoms with E-state index < -0.39 is 10.0 Å². The third-order valence-electron chi connectivity index (χ3n) is 2.53. The first-order valence-electron chi connectivity index (χ1n) is 5.51. The maximum atomic E-state index is 12.4. The first-order chi connectivity index (χ1) is 8.30. The maximum absolute atomic E-state index is 12.4. The summed E-state index contributed by atoms with van der Waals surface area (Å²) in [5, 5.41) is 0. The highest BCUT2D eigenvalue weighted by molar-refractivity contribution is 9.11. The highest BCUT2D eigenvalue weighted by Gasteiger charge is 2.25. The van der Waals surface area contributed by atoms with E-state index in [9.17, 15) is 8.42 Å². The van der Waals surface area contributed by atoms with Crippen LogP contribution in [-0.2, 0) is 10.0 Å². The molecule has 0 radical (unpaired) electrons. The molecule has 0 aliphatic rings. The molecule has 0 bridgehead atoms. The molecule has 4 nitrogen and oxygen atoms in total. The Hall–Kier alpha value is -0.110. The lowest BCUT2D eigenvalue weighted by atomic mass is 10.3. The smallest absolute Gasteiger partial charge is 0.245 e. The summed E-state index contributed by atoms with van der Waals surface area (Å²) in [4.78, 5) is 0.129. The second kappa shape index (κ2) is 6.36. The molecule has 7 heteroatoms. The summed E-state index contributed by atoms with van der Waals surface area (Å²) in [5.41, 5.74) is 6.04. The predicted molar refractivity (Wildman–Crippen MR) is 81.0 cm³/mol. The molecule has 0 heterocycles. The van der Waals surface area contributed by atoms with E-state index in [4.69, 9.17) is 5.73 Å². The second-order valence-electron chi connectivity index (χ2n) is 3.99. The number of hydrogen-bond donors (Lipinski definition) is 1. The van der Waals surface area contributed by atoms with Crippen LogP contribution in [0.2, 0.25) is 0 Å². The van der Waals surface area contributed by atoms with Crippen molar-refractivity contribution in [2.45, 2.75) is 24.7 Å². The zero-order chi connectivity index (χ0) is 13.9. The van der Waals surface area contributed by atoms with Gasteiger partial charge in [0, 0.05) is 22.5 Å². The van der Waals surface area contributed by atoms with Crippen molar-refractivity contribution in [3.8, 4) is 0 Å². The Morgan fingerprint density at radius 2 is 1.94 bits per heavy atom. The van der Waals surface area contributed by atoms with Crippen molar-refractivity contribution >= 4 is 47.6 Å². The van der Waals surface area contributed by atoms with Gasteiger partial charge < -0.3 is 5.73 Å². The Balaban J connectivity index is 3.20. The number of rotatable bonds is 5. The largest absolute Gasteiger partial charge is 0.398 e. The summed E-state index contributed by atoms with van der Waals surface area (Å²) >= 11 is 6.53. The molecule has 0 aliphatic heterocycles. The highest BCUT2D eigenvalue weighted by atomic mass is 79.9. The number of nitrogen functional groups attached to an aromatic ring is 1. The Morgan fingerprint density at radius 1 is 1.33 bits per heavy atom. The Bertz CT molecular complexity index is 509. The third-order valence-corrected chi connectivity index (χ3v) is 5.85. The van der Waals surface area contributed by atoms with Crippen molar-refractivity contribution in [1.82, 2.24) is 4.31 Å². The molecule has 0 unspecified atom stereocenters. The van der Waals surface area contributed by atoms with E-state index in [1.165, 1.54) is 4.31 Å². The van der Waals surface area contributed by atoms with E-state index in [1.54, 1.807) is 19.2 Å². The zero-order valence-corrected chi connectivity index (χ0v) is 14.3. The molecule has 1 rings (SSSR count). The van der Waals surface area contributed by atoms with E-state index >= 15 is 0 Å². The summed E-state index contributed by atoms with van der Waals surface area (Å²) in [5.74, 6) is 0. The molecule has 0 saturated heterocycles. The fourth-order valence-corrected chi connectivity index (χ4v) is 4.72. The van der Waals surface area contributed by atoms with Crippen molar-refractivity contribution in [2.75, 3.05) is 19.3 Å². The van der Waals surface area contributed by atoms with Gasteiger partial charge in [0.2, 0.25) is 10.0 Å². The number of benzene rings is 1. The minimum atomic E-state index is -3.55. The standard InChI is InChI=1S/C11H16Br2N2O2S/c1-3-4-5-15(2)18(16,17)11-9(13)6-8(12)7-10(11)14/h6-7H,3-5,14H2,1-2H3. The van der Waals surface area contributed by atoms with Gasteiger partial charge in [0.05, 0.1) is 5.69 Å². The van der Waals surface area contributed by atoms with Crippen molar-refractivity contribution in [1.29, 1.82) is 0 Å². The van der Waals surface area contributed by atoms with E-state index in [0.29, 0.717) is 11.0 Å². The number of nitrogens with two attached hydrogens (primary N) is 1. The van der Waals surface area contributed by atoms with E-state index in [1.807, 2.05) is 6.92 Å². The van der Waals surface area contributed by atoms with Gasteiger partial charge in [-0.3, -0.25) is 0 Å². The quantitative estimate of drug-likeness (QED) is 0.773. The van der Waals surface area contributed by atoms with Crippen molar-refractivity contribution < 1.29 is 8.42 Å². The number of halogens is 2. The van der Waals surface area contributed by atoms with Gasteiger partial charge in [-0.15, -0.1) is 0 Å². The summed E-state index contributed by atoms with van der Waals surface area (Å²) in [6.45, 7) is 2.51. The average molecular weight is 400 g/mol. The molecule has 0 fully saturated rings. The molecule has 0 saturated carbocycles. The van der Waals surface area contributed by atoms with Gasteiger partial charge in [0.15, 0.2) is 0 Å². The normalized spacial score (nSPS) is 12.1. The minimum Gasteiger partial charge on any atom is -0.398 e. The van der Waals surface area contributed by atoms with Gasteiger partial charge >= 0.3 is 0 Å². The van der Waals surface area contributed by atoms with Gasteiger partial charge in [0.1, 0.15) is 4.90 Å². The van der Waals surface area contributed by atoms with Crippen molar-refractivity contribution in [3.63, 3.8) is 0 Å². The lowest BCUT2D eigenvalue weighted by Gasteiger charge is -2.19. The first-order valence-corrected chi connectivity index (χ1v) is 8.54. The molecule has 0 spiro atoms. The van der Waals surface area contributed by atoms with Crippen LogP contribution in [0.5, 0.6) is 0 Å². The Kier molecular flexibility index (Phi) is 5.64. The monoisotopic (exact) mass is 398 g/mol. The van der Waals surface area contributed by atoms with Crippen molar-refractivity contribution in [2.24, 2.45) is 0 Å². The van der Waals surface area contributed by atoms with Gasteiger partial charge in [-0.2, -0.15) is 0 Å². The van der Waals surface area contributed by atoms with E-state index in [0.717, 1.165) is 17.3 Å². The van der Waals surface area contributed by atoms with Crippen LogP contribution in [0.1, 0.15) is 19.8 Å². The lowest BCUT2D eigenvalue weighted by molar-refractivity contribution is 0.459. The molecule has 1 aromatic carbocycles. The zero-order valence-electron chi connectivity index (χ0n) is 10.3. The molecule has 102 valence electrons. The molecular formula is C11H16Br2N2O2S. The van der Waals surface area contributed by atoms with Crippen LogP contribution in [-0.4, -0.2) is 26.3 Å². The number of anilines is 1. The third kappa shape index (κ3) is 3.46. The number of unbranched alkanes of at least 4 members (excludes halogenated alkanes) is 1. The fourth-order valence-electron chi connectivity index (χ4n) is 1.51. The highest BCUT2D eigenvalue weighted by Crippen LogP contribution is 2.33. The first kappa shape index (κ1) is 15.9. The Morgan fingerprint density at radius 3 is 2.44 bits per heavy atom. The van der Waals surface area contributed by atoms with Gasteiger partial charge in [-0.05, 0) is 34.5 Å². The van der Waals surface area contributed by atoms with Gasteiger partial charge in [-0.1, -0.05) is 29.3 Å². The Labute approximate surface area is 125 Å². The van der Waals surface area contributed by atoms with Crippen LogP contribution in [0, 0.1) is 0 Å². The number of hydrogen-bond acceptors (Lipinski definition) is 3. The molecule has 0 atom stereocenters. The second-order valence-corrected chi connectivity index (χ2v) is 7.74. The predicted octanol–water partition coefficient (Wildman–Crippen LogP) is 3.21. The molecule has 0 aliphatic carbocycles. The van der Waals surface area contributed by atoms with E-state index in [2.05, 4.69) is 31.9 Å². The lowest BCUT2D eigenvalue weighted by Crippen LogP contribution is -2.28. The summed E-state index contributed by atoms with van der Waals surface area (Å²) < 4.78 is 27.3. The van der Waals surface area contributed by atoms with Crippen LogP contribution in [0.4, 0.5) is 5.69 Å². The van der Waals surface area contributed by atoms with E-state index in [-0.39, 0.29) is 10.6 Å². The average Bonchev–Trinajstić information content (AvgIpc) is 2.23. The van der Waals surface area contributed by atoms with Gasteiger partial charge in [-0.25, -0.2) is 12.7 Å². The van der Waals surface area contributed by atoms with Crippen LogP contribution >= 0.6 is 31.9 Å². The molecular weight excluding hydrogens is 384 g/mol. The maximum Gasteiger partial charge on any atom is 0.245 e. The summed E-state index contributed by atoms with van der Waals surface area (Å²) in [6, 6.07) is 3.27. The minimum absolute atomic E-state index is 0.129. The van der Waals surface area contributed by atoms with Crippen molar-refractivity contribution in [3.05, 3.63) is 21.1 Å². The SMILES string of the molecule is CCCCN(C)S(=O)(=O)c1c(N)cc(Br)cc1Br. The number of sulfonamides is 1. The van der Waals surface area contributed by atoms with Crippen LogP contribution in [0.15, 0.2) is 26.0 Å². The van der Waals surface area contributed by atoms with Crippen LogP contribution in [0.3, 0.4) is 0 Å². The molecule has 2 N–H and O–H groups in total. The number of nitrogens with zero attached hydrogens (tertiary/aromatic N) is 1. The van der Waals surface area contributed by atoms with Gasteiger partial charge in [0.25, 0.3) is 0 Å². The van der Waals surface area contributed by atoms with Crippen LogP contribution in [0.25, 0.3) is 0 Å². The molecule has 0 aromatic heterocycles. The molecule has 0 amide bonds. The summed E-state index contributed by atoms with van der Waals surface area (Å²) in [7, 11) is -1.98. The molecule has 18 heavy (non-hydrogen) atoms. The van der Waals surface area contributed by atoms with Crippen LogP contribution < -0.4 is 5.73 Å². The fraction of sp³-hybridized carbons (Fsp3) is 0.455.